The summed E-state index contributed by atoms with van der Waals surface area (Å²) in [6, 6.07) is 1.20. The minimum atomic E-state index is 0.239. The monoisotopic (exact) mass is 238 g/mol. The highest BCUT2D eigenvalue weighted by molar-refractivity contribution is 5.74. The van der Waals surface area contributed by atoms with Gasteiger partial charge in [-0.05, 0) is 41.0 Å². The molecule has 0 aromatic carbocycles. The van der Waals surface area contributed by atoms with Crippen LogP contribution in [0.15, 0.2) is 29.3 Å². The zero-order valence-corrected chi connectivity index (χ0v) is 11.7. The first-order valence-corrected chi connectivity index (χ1v) is 6.29. The second kappa shape index (κ2) is 9.94. The summed E-state index contributed by atoms with van der Waals surface area (Å²) in [5.74, 6) is 0. The molecule has 3 heteroatoms. The molecule has 0 heterocycles. The van der Waals surface area contributed by atoms with E-state index in [0.29, 0.717) is 18.7 Å². The van der Waals surface area contributed by atoms with E-state index in [9.17, 15) is 0 Å². The molecule has 0 amide bonds. The van der Waals surface area contributed by atoms with Gasteiger partial charge in [0.2, 0.25) is 0 Å². The second-order valence-electron chi connectivity index (χ2n) is 4.41. The smallest absolute Gasteiger partial charge is 0.285 e. The molecule has 0 rings (SSSR count). The van der Waals surface area contributed by atoms with Crippen LogP contribution in [-0.4, -0.2) is 24.7 Å². The molecule has 1 N–H and O–H groups in total. The van der Waals surface area contributed by atoms with E-state index >= 15 is 0 Å². The average Bonchev–Trinajstić information content (AvgIpc) is 2.21. The Morgan fingerprint density at radius 3 is 2.41 bits per heavy atom. The SMILES string of the molecule is C/C=C/C/C=C/COC(=NC(C)C)NC(C)C. The van der Waals surface area contributed by atoms with Crippen molar-refractivity contribution in [2.75, 3.05) is 6.61 Å². The largest absolute Gasteiger partial charge is 0.461 e. The quantitative estimate of drug-likeness (QED) is 0.437. The lowest BCUT2D eigenvalue weighted by atomic mass is 10.3. The van der Waals surface area contributed by atoms with Gasteiger partial charge in [-0.1, -0.05) is 24.3 Å². The molecule has 0 bridgehead atoms. The lowest BCUT2D eigenvalue weighted by Crippen LogP contribution is -2.33. The minimum absolute atomic E-state index is 0.239. The molecule has 0 aliphatic carbocycles. The normalized spacial score (nSPS) is 13.2. The molecule has 0 radical (unpaired) electrons. The maximum absolute atomic E-state index is 5.57. The van der Waals surface area contributed by atoms with Crippen molar-refractivity contribution in [2.45, 2.75) is 53.1 Å². The van der Waals surface area contributed by atoms with Gasteiger partial charge in [-0.15, -0.1) is 0 Å². The summed E-state index contributed by atoms with van der Waals surface area (Å²) in [7, 11) is 0. The zero-order valence-electron chi connectivity index (χ0n) is 11.7. The van der Waals surface area contributed by atoms with Crippen molar-refractivity contribution in [3.05, 3.63) is 24.3 Å². The van der Waals surface area contributed by atoms with Gasteiger partial charge < -0.3 is 10.1 Å². The number of amidine groups is 1. The van der Waals surface area contributed by atoms with Crippen molar-refractivity contribution >= 4 is 6.02 Å². The van der Waals surface area contributed by atoms with E-state index in [4.69, 9.17) is 4.74 Å². The molecular formula is C14H26N2O. The Bertz CT molecular complexity index is 265. The Hall–Kier alpha value is -1.25. The van der Waals surface area contributed by atoms with Crippen LogP contribution in [0.3, 0.4) is 0 Å². The highest BCUT2D eigenvalue weighted by Gasteiger charge is 2.02. The summed E-state index contributed by atoms with van der Waals surface area (Å²) in [6.07, 6.45) is 9.19. The molecule has 0 aromatic heterocycles. The number of aliphatic imine (C=N–C) groups is 1. The van der Waals surface area contributed by atoms with Crippen molar-refractivity contribution in [1.82, 2.24) is 5.32 Å². The number of ether oxygens (including phenoxy) is 1. The van der Waals surface area contributed by atoms with Crippen molar-refractivity contribution in [3.8, 4) is 0 Å². The van der Waals surface area contributed by atoms with Crippen molar-refractivity contribution in [3.63, 3.8) is 0 Å². The van der Waals surface area contributed by atoms with Crippen LogP contribution in [0.1, 0.15) is 41.0 Å². The highest BCUT2D eigenvalue weighted by Crippen LogP contribution is 1.92. The van der Waals surface area contributed by atoms with Crippen LogP contribution in [0.4, 0.5) is 0 Å². The third-order valence-electron chi connectivity index (χ3n) is 1.78. The summed E-state index contributed by atoms with van der Waals surface area (Å²) < 4.78 is 5.57. The summed E-state index contributed by atoms with van der Waals surface area (Å²) in [6.45, 7) is 10.8. The minimum Gasteiger partial charge on any atom is -0.461 e. The topological polar surface area (TPSA) is 33.6 Å². The Labute approximate surface area is 106 Å². The van der Waals surface area contributed by atoms with Crippen LogP contribution < -0.4 is 5.32 Å². The first kappa shape index (κ1) is 15.8. The van der Waals surface area contributed by atoms with Gasteiger partial charge >= 0.3 is 0 Å². The molecule has 98 valence electrons. The number of rotatable bonds is 6. The molecule has 0 atom stereocenters. The van der Waals surface area contributed by atoms with E-state index in [0.717, 1.165) is 6.42 Å². The first-order valence-electron chi connectivity index (χ1n) is 6.29. The molecular weight excluding hydrogens is 212 g/mol. The fraction of sp³-hybridized carbons (Fsp3) is 0.643. The predicted octanol–water partition coefficient (Wildman–Crippen LogP) is 3.29. The fourth-order valence-corrected chi connectivity index (χ4v) is 1.10. The highest BCUT2D eigenvalue weighted by atomic mass is 16.5. The van der Waals surface area contributed by atoms with Crippen LogP contribution in [-0.2, 0) is 4.74 Å². The van der Waals surface area contributed by atoms with Gasteiger partial charge in [0, 0.05) is 12.1 Å². The van der Waals surface area contributed by atoms with Gasteiger partial charge in [-0.25, -0.2) is 4.99 Å². The predicted molar refractivity (Wildman–Crippen MR) is 75.4 cm³/mol. The standard InChI is InChI=1S/C14H26N2O/c1-6-7-8-9-10-11-17-14(15-12(2)3)16-13(4)5/h6-7,9-10,12-13H,8,11H2,1-5H3,(H,15,16)/b7-6+,10-9+. The number of hydrogen-bond donors (Lipinski definition) is 1. The maximum Gasteiger partial charge on any atom is 0.285 e. The number of allylic oxidation sites excluding steroid dienone is 3. The van der Waals surface area contributed by atoms with Gasteiger partial charge in [-0.3, -0.25) is 0 Å². The molecule has 0 aliphatic rings. The molecule has 0 saturated heterocycles. The van der Waals surface area contributed by atoms with Gasteiger partial charge in [0.25, 0.3) is 6.02 Å². The van der Waals surface area contributed by atoms with E-state index in [1.165, 1.54) is 0 Å². The van der Waals surface area contributed by atoms with E-state index in [1.807, 2.05) is 32.9 Å². The van der Waals surface area contributed by atoms with Crippen LogP contribution in [0.2, 0.25) is 0 Å². The summed E-state index contributed by atoms with van der Waals surface area (Å²) in [4.78, 5) is 4.39. The third kappa shape index (κ3) is 11.0. The summed E-state index contributed by atoms with van der Waals surface area (Å²) in [5.41, 5.74) is 0. The number of nitrogens with one attached hydrogen (secondary N) is 1. The lowest BCUT2D eigenvalue weighted by molar-refractivity contribution is 0.323. The Balaban J connectivity index is 4.04. The first-order chi connectivity index (χ1) is 8.06. The van der Waals surface area contributed by atoms with E-state index in [1.54, 1.807) is 0 Å². The van der Waals surface area contributed by atoms with Crippen LogP contribution in [0.25, 0.3) is 0 Å². The molecule has 0 unspecified atom stereocenters. The molecule has 0 saturated carbocycles. The molecule has 0 aliphatic heterocycles. The van der Waals surface area contributed by atoms with Gasteiger partial charge in [0.15, 0.2) is 0 Å². The number of nitrogens with zero attached hydrogens (tertiary/aromatic N) is 1. The van der Waals surface area contributed by atoms with Gasteiger partial charge in [-0.2, -0.15) is 0 Å². The zero-order chi connectivity index (χ0) is 13.1. The third-order valence-corrected chi connectivity index (χ3v) is 1.78. The summed E-state index contributed by atoms with van der Waals surface area (Å²) in [5, 5.41) is 3.19. The molecule has 17 heavy (non-hydrogen) atoms. The van der Waals surface area contributed by atoms with E-state index < -0.39 is 0 Å². The van der Waals surface area contributed by atoms with Gasteiger partial charge in [0.1, 0.15) is 6.61 Å². The maximum atomic E-state index is 5.57. The van der Waals surface area contributed by atoms with E-state index in [-0.39, 0.29) is 6.04 Å². The number of hydrogen-bond acceptors (Lipinski definition) is 2. The lowest BCUT2D eigenvalue weighted by Gasteiger charge is -2.13. The molecule has 0 fully saturated rings. The molecule has 3 nitrogen and oxygen atoms in total. The van der Waals surface area contributed by atoms with E-state index in [2.05, 4.69) is 36.3 Å². The Kier molecular flexibility index (Phi) is 9.21. The Morgan fingerprint density at radius 1 is 1.18 bits per heavy atom. The van der Waals surface area contributed by atoms with Crippen molar-refractivity contribution in [2.24, 2.45) is 4.99 Å². The van der Waals surface area contributed by atoms with Crippen molar-refractivity contribution < 1.29 is 4.74 Å². The van der Waals surface area contributed by atoms with Gasteiger partial charge in [0.05, 0.1) is 0 Å². The molecule has 0 spiro atoms. The average molecular weight is 238 g/mol. The van der Waals surface area contributed by atoms with Crippen LogP contribution in [0, 0.1) is 0 Å². The molecule has 0 aromatic rings. The summed E-state index contributed by atoms with van der Waals surface area (Å²) >= 11 is 0. The van der Waals surface area contributed by atoms with Crippen LogP contribution in [0.5, 0.6) is 0 Å². The van der Waals surface area contributed by atoms with Crippen LogP contribution >= 0.6 is 0 Å². The second-order valence-corrected chi connectivity index (χ2v) is 4.41. The fourth-order valence-electron chi connectivity index (χ4n) is 1.10. The van der Waals surface area contributed by atoms with Crippen molar-refractivity contribution in [1.29, 1.82) is 0 Å². The Morgan fingerprint density at radius 2 is 1.88 bits per heavy atom.